The number of aromatic nitrogens is 2. The molecule has 0 bridgehead atoms. The smallest absolute Gasteiger partial charge is 0.121 e. The van der Waals surface area contributed by atoms with Crippen molar-refractivity contribution in [3.05, 3.63) is 33.8 Å². The highest BCUT2D eigenvalue weighted by molar-refractivity contribution is 7.10. The summed E-state index contributed by atoms with van der Waals surface area (Å²) in [5, 5.41) is 13.4. The maximum atomic E-state index is 4.70. The molecule has 0 radical (unpaired) electrons. The van der Waals surface area contributed by atoms with Crippen LogP contribution >= 0.6 is 11.3 Å². The van der Waals surface area contributed by atoms with Gasteiger partial charge >= 0.3 is 0 Å². The Morgan fingerprint density at radius 2 is 2.44 bits per heavy atom. The van der Waals surface area contributed by atoms with Crippen molar-refractivity contribution in [3.63, 3.8) is 0 Å². The maximum Gasteiger partial charge on any atom is 0.121 e. The van der Waals surface area contributed by atoms with Gasteiger partial charge in [0.05, 0.1) is 0 Å². The molecule has 0 saturated heterocycles. The Morgan fingerprint density at radius 3 is 3.11 bits per heavy atom. The number of aryl methyl sites for hydroxylation is 1. The summed E-state index contributed by atoms with van der Waals surface area (Å²) in [5.74, 6) is 1.51. The lowest BCUT2D eigenvalue weighted by molar-refractivity contribution is 0.299. The highest BCUT2D eigenvalue weighted by Crippen LogP contribution is 2.50. The SMILES string of the molecule is Cc1nonc1CNC(C)[C@@H]1C[C@H]1c1cccs1. The molecule has 96 valence electrons. The lowest BCUT2D eigenvalue weighted by Crippen LogP contribution is -2.28. The average molecular weight is 263 g/mol. The normalized spacial score (nSPS) is 24.1. The van der Waals surface area contributed by atoms with E-state index in [9.17, 15) is 0 Å². The molecule has 0 aliphatic heterocycles. The zero-order chi connectivity index (χ0) is 12.5. The van der Waals surface area contributed by atoms with Crippen molar-refractivity contribution >= 4 is 11.3 Å². The Morgan fingerprint density at radius 1 is 1.56 bits per heavy atom. The van der Waals surface area contributed by atoms with E-state index in [1.807, 2.05) is 18.3 Å². The van der Waals surface area contributed by atoms with Crippen molar-refractivity contribution in [1.82, 2.24) is 15.6 Å². The minimum atomic E-state index is 0.508. The van der Waals surface area contributed by atoms with E-state index in [-0.39, 0.29) is 0 Å². The van der Waals surface area contributed by atoms with Crippen LogP contribution in [0.1, 0.15) is 35.5 Å². The van der Waals surface area contributed by atoms with E-state index in [4.69, 9.17) is 4.63 Å². The van der Waals surface area contributed by atoms with Gasteiger partial charge in [0.15, 0.2) is 0 Å². The molecule has 0 aromatic carbocycles. The van der Waals surface area contributed by atoms with Crippen LogP contribution in [0.25, 0.3) is 0 Å². The lowest BCUT2D eigenvalue weighted by Gasteiger charge is -2.12. The van der Waals surface area contributed by atoms with Crippen LogP contribution in [-0.2, 0) is 6.54 Å². The fraction of sp³-hybridized carbons (Fsp3) is 0.538. The molecule has 2 aromatic heterocycles. The van der Waals surface area contributed by atoms with Crippen LogP contribution in [0.4, 0.5) is 0 Å². The number of hydrogen-bond donors (Lipinski definition) is 1. The summed E-state index contributed by atoms with van der Waals surface area (Å²) in [7, 11) is 0. The van der Waals surface area contributed by atoms with Gasteiger partial charge in [-0.15, -0.1) is 11.3 Å². The third-order valence-electron chi connectivity index (χ3n) is 3.73. The maximum absolute atomic E-state index is 4.70. The number of hydrogen-bond acceptors (Lipinski definition) is 5. The van der Waals surface area contributed by atoms with Crippen molar-refractivity contribution < 1.29 is 4.63 Å². The lowest BCUT2D eigenvalue weighted by atomic mass is 10.1. The predicted molar refractivity (Wildman–Crippen MR) is 70.5 cm³/mol. The molecule has 1 fully saturated rings. The molecule has 0 spiro atoms. The van der Waals surface area contributed by atoms with Gasteiger partial charge in [0.2, 0.25) is 0 Å². The molecule has 1 aliphatic rings. The second-order valence-corrected chi connectivity index (χ2v) is 5.97. The highest BCUT2D eigenvalue weighted by Gasteiger charge is 2.42. The van der Waals surface area contributed by atoms with Crippen LogP contribution in [0.15, 0.2) is 22.1 Å². The zero-order valence-electron chi connectivity index (χ0n) is 10.6. The predicted octanol–water partition coefficient (Wildman–Crippen LogP) is 2.72. The minimum absolute atomic E-state index is 0.508. The molecule has 1 aliphatic carbocycles. The van der Waals surface area contributed by atoms with Gasteiger partial charge in [0.1, 0.15) is 11.4 Å². The van der Waals surface area contributed by atoms with Gasteiger partial charge in [-0.05, 0) is 43.6 Å². The van der Waals surface area contributed by atoms with Crippen molar-refractivity contribution in [2.24, 2.45) is 5.92 Å². The zero-order valence-corrected chi connectivity index (χ0v) is 11.4. The van der Waals surface area contributed by atoms with Crippen LogP contribution in [0.3, 0.4) is 0 Å². The first kappa shape index (κ1) is 11.9. The number of rotatable bonds is 5. The van der Waals surface area contributed by atoms with Gasteiger partial charge in [-0.25, -0.2) is 4.63 Å². The standard InChI is InChI=1S/C13H17N3OS/c1-8(14-7-12-9(2)15-17-16-12)10-6-11(10)13-4-3-5-18-13/h3-5,8,10-11,14H,6-7H2,1-2H3/t8?,10-,11+/m0/s1. The fourth-order valence-electron chi connectivity index (χ4n) is 2.42. The fourth-order valence-corrected chi connectivity index (χ4v) is 3.33. The summed E-state index contributed by atoms with van der Waals surface area (Å²) >= 11 is 1.87. The first-order valence-corrected chi connectivity index (χ1v) is 7.18. The van der Waals surface area contributed by atoms with Gasteiger partial charge in [0.25, 0.3) is 0 Å². The Kier molecular flexibility index (Phi) is 3.18. The minimum Gasteiger partial charge on any atom is -0.308 e. The molecule has 3 rings (SSSR count). The number of nitrogens with zero attached hydrogens (tertiary/aromatic N) is 2. The van der Waals surface area contributed by atoms with Crippen LogP contribution in [0, 0.1) is 12.8 Å². The van der Waals surface area contributed by atoms with E-state index in [0.717, 1.165) is 29.8 Å². The number of nitrogens with one attached hydrogen (secondary N) is 1. The molecule has 18 heavy (non-hydrogen) atoms. The third-order valence-corrected chi connectivity index (χ3v) is 4.73. The molecule has 1 unspecified atom stereocenters. The molecular formula is C13H17N3OS. The second kappa shape index (κ2) is 4.82. The Bertz CT molecular complexity index is 508. The topological polar surface area (TPSA) is 51.0 Å². The molecule has 3 atom stereocenters. The van der Waals surface area contributed by atoms with Crippen LogP contribution in [0.2, 0.25) is 0 Å². The van der Waals surface area contributed by atoms with Crippen molar-refractivity contribution in [1.29, 1.82) is 0 Å². The molecular weight excluding hydrogens is 246 g/mol. The summed E-state index contributed by atoms with van der Waals surface area (Å²) in [4.78, 5) is 1.52. The van der Waals surface area contributed by atoms with E-state index >= 15 is 0 Å². The second-order valence-electron chi connectivity index (χ2n) is 4.99. The van der Waals surface area contributed by atoms with Crippen LogP contribution in [0.5, 0.6) is 0 Å². The summed E-state index contributed by atoms with van der Waals surface area (Å²) < 4.78 is 4.70. The van der Waals surface area contributed by atoms with Crippen molar-refractivity contribution in [2.75, 3.05) is 0 Å². The van der Waals surface area contributed by atoms with Gasteiger partial charge in [-0.2, -0.15) is 0 Å². The quantitative estimate of drug-likeness (QED) is 0.901. The molecule has 0 amide bonds. The van der Waals surface area contributed by atoms with E-state index in [0.29, 0.717) is 6.04 Å². The van der Waals surface area contributed by atoms with Crippen LogP contribution < -0.4 is 5.32 Å². The Labute approximate surface area is 110 Å². The number of thiophene rings is 1. The molecule has 1 N–H and O–H groups in total. The van der Waals surface area contributed by atoms with Gasteiger partial charge in [0, 0.05) is 17.5 Å². The summed E-state index contributed by atoms with van der Waals surface area (Å²) in [6.07, 6.45) is 1.30. The molecule has 2 heterocycles. The van der Waals surface area contributed by atoms with Gasteiger partial charge in [-0.3, -0.25) is 0 Å². The summed E-state index contributed by atoms with van der Waals surface area (Å²) in [6, 6.07) is 4.89. The monoisotopic (exact) mass is 263 g/mol. The first-order valence-electron chi connectivity index (χ1n) is 6.30. The van der Waals surface area contributed by atoms with Gasteiger partial charge < -0.3 is 5.32 Å². The van der Waals surface area contributed by atoms with Crippen molar-refractivity contribution in [3.8, 4) is 0 Å². The summed E-state index contributed by atoms with van der Waals surface area (Å²) in [5.41, 5.74) is 1.79. The van der Waals surface area contributed by atoms with Gasteiger partial charge in [-0.1, -0.05) is 16.4 Å². The van der Waals surface area contributed by atoms with Crippen molar-refractivity contribution in [2.45, 2.75) is 38.8 Å². The van der Waals surface area contributed by atoms with E-state index in [1.165, 1.54) is 11.3 Å². The molecule has 4 nitrogen and oxygen atoms in total. The largest absolute Gasteiger partial charge is 0.308 e. The summed E-state index contributed by atoms with van der Waals surface area (Å²) in [6.45, 7) is 4.91. The molecule has 5 heteroatoms. The van der Waals surface area contributed by atoms with E-state index < -0.39 is 0 Å². The van der Waals surface area contributed by atoms with E-state index in [1.54, 1.807) is 0 Å². The Hall–Kier alpha value is -1.20. The van der Waals surface area contributed by atoms with E-state index in [2.05, 4.69) is 40.1 Å². The molecule has 2 aromatic rings. The first-order chi connectivity index (χ1) is 8.75. The van der Waals surface area contributed by atoms with Crippen LogP contribution in [-0.4, -0.2) is 16.4 Å². The third kappa shape index (κ3) is 2.33. The Balaban J connectivity index is 1.52. The highest BCUT2D eigenvalue weighted by atomic mass is 32.1. The average Bonchev–Trinajstić information content (AvgIpc) is 2.80. The molecule has 1 saturated carbocycles.